The lowest BCUT2D eigenvalue weighted by atomic mass is 10.1. The zero-order valence-electron chi connectivity index (χ0n) is 12.3. The maximum Gasteiger partial charge on any atom is 0.254 e. The molecule has 1 fully saturated rings. The molecule has 0 atom stereocenters. The quantitative estimate of drug-likeness (QED) is 0.801. The molecule has 2 amide bonds. The first-order valence-corrected chi connectivity index (χ1v) is 7.85. The van der Waals surface area contributed by atoms with Crippen LogP contribution in [0.5, 0.6) is 0 Å². The van der Waals surface area contributed by atoms with Crippen molar-refractivity contribution >= 4 is 23.4 Å². The molecule has 21 heavy (non-hydrogen) atoms. The Balaban J connectivity index is 1.91. The van der Waals surface area contributed by atoms with Crippen LogP contribution in [0.25, 0.3) is 0 Å². The first kappa shape index (κ1) is 15.8. The van der Waals surface area contributed by atoms with E-state index in [1.54, 1.807) is 0 Å². The van der Waals surface area contributed by atoms with Gasteiger partial charge in [-0.1, -0.05) is 18.2 Å². The van der Waals surface area contributed by atoms with E-state index in [1.807, 2.05) is 41.0 Å². The molecule has 1 aromatic carbocycles. The molecule has 1 heterocycles. The van der Waals surface area contributed by atoms with Crippen molar-refractivity contribution in [3.63, 3.8) is 0 Å². The third-order valence-electron chi connectivity index (χ3n) is 3.82. The SMILES string of the molecule is Cc1ccccc1C(=O)N1CCN(C(=O)CCCCl)CC1. The number of alkyl halides is 1. The number of carbonyl (C=O) groups excluding carboxylic acids is 2. The van der Waals surface area contributed by atoms with Gasteiger partial charge in [-0.05, 0) is 25.0 Å². The van der Waals surface area contributed by atoms with Crippen LogP contribution < -0.4 is 0 Å². The Labute approximate surface area is 130 Å². The van der Waals surface area contributed by atoms with E-state index >= 15 is 0 Å². The zero-order chi connectivity index (χ0) is 15.2. The Morgan fingerprint density at radius 3 is 2.33 bits per heavy atom. The summed E-state index contributed by atoms with van der Waals surface area (Å²) in [5.74, 6) is 0.705. The number of carbonyl (C=O) groups is 2. The maximum absolute atomic E-state index is 12.5. The fraction of sp³-hybridized carbons (Fsp3) is 0.500. The van der Waals surface area contributed by atoms with Gasteiger partial charge in [0.1, 0.15) is 0 Å². The van der Waals surface area contributed by atoms with Crippen molar-refractivity contribution in [2.45, 2.75) is 19.8 Å². The molecule has 0 saturated carbocycles. The highest BCUT2D eigenvalue weighted by Crippen LogP contribution is 2.13. The summed E-state index contributed by atoms with van der Waals surface area (Å²) in [6, 6.07) is 7.61. The van der Waals surface area contributed by atoms with E-state index in [0.717, 1.165) is 11.1 Å². The summed E-state index contributed by atoms with van der Waals surface area (Å²) in [4.78, 5) is 28.1. The van der Waals surface area contributed by atoms with Gasteiger partial charge in [0.2, 0.25) is 5.91 Å². The molecule has 0 radical (unpaired) electrons. The third-order valence-corrected chi connectivity index (χ3v) is 4.09. The second-order valence-corrected chi connectivity index (χ2v) is 5.66. The molecule has 1 aromatic rings. The van der Waals surface area contributed by atoms with Crippen molar-refractivity contribution in [2.75, 3.05) is 32.1 Å². The van der Waals surface area contributed by atoms with Crippen LogP contribution in [0.2, 0.25) is 0 Å². The molecule has 0 bridgehead atoms. The summed E-state index contributed by atoms with van der Waals surface area (Å²) in [6.45, 7) is 4.36. The predicted octanol–water partition coefficient (Wildman–Crippen LogP) is 2.30. The smallest absolute Gasteiger partial charge is 0.254 e. The number of amides is 2. The molecular weight excluding hydrogens is 288 g/mol. The van der Waals surface area contributed by atoms with Crippen molar-refractivity contribution in [3.8, 4) is 0 Å². The summed E-state index contributed by atoms with van der Waals surface area (Å²) in [5, 5.41) is 0. The van der Waals surface area contributed by atoms with Crippen LogP contribution in [0.1, 0.15) is 28.8 Å². The molecule has 0 N–H and O–H groups in total. The van der Waals surface area contributed by atoms with E-state index in [2.05, 4.69) is 0 Å². The normalized spacial score (nSPS) is 15.1. The van der Waals surface area contributed by atoms with Crippen molar-refractivity contribution < 1.29 is 9.59 Å². The highest BCUT2D eigenvalue weighted by atomic mass is 35.5. The number of halogens is 1. The summed E-state index contributed by atoms with van der Waals surface area (Å²) >= 11 is 5.61. The molecule has 1 aliphatic heterocycles. The second kappa shape index (κ2) is 7.46. The fourth-order valence-electron chi connectivity index (χ4n) is 2.52. The van der Waals surface area contributed by atoms with Gasteiger partial charge in [-0.15, -0.1) is 11.6 Å². The van der Waals surface area contributed by atoms with E-state index in [0.29, 0.717) is 44.9 Å². The van der Waals surface area contributed by atoms with Crippen LogP contribution in [0.15, 0.2) is 24.3 Å². The van der Waals surface area contributed by atoms with E-state index in [4.69, 9.17) is 11.6 Å². The van der Waals surface area contributed by atoms with Crippen LogP contribution in [0.4, 0.5) is 0 Å². The number of hydrogen-bond acceptors (Lipinski definition) is 2. The average Bonchev–Trinajstić information content (AvgIpc) is 2.52. The lowest BCUT2D eigenvalue weighted by Gasteiger charge is -2.35. The number of hydrogen-bond donors (Lipinski definition) is 0. The Kier molecular flexibility index (Phi) is 5.62. The molecule has 114 valence electrons. The van der Waals surface area contributed by atoms with Crippen LogP contribution in [-0.2, 0) is 4.79 Å². The van der Waals surface area contributed by atoms with Crippen molar-refractivity contribution in [1.82, 2.24) is 9.80 Å². The van der Waals surface area contributed by atoms with E-state index < -0.39 is 0 Å². The Hall–Kier alpha value is -1.55. The molecule has 5 heteroatoms. The van der Waals surface area contributed by atoms with Gasteiger partial charge in [-0.2, -0.15) is 0 Å². The number of rotatable bonds is 4. The number of benzene rings is 1. The Morgan fingerprint density at radius 2 is 1.71 bits per heavy atom. The lowest BCUT2D eigenvalue weighted by Crippen LogP contribution is -2.50. The minimum Gasteiger partial charge on any atom is -0.339 e. The van der Waals surface area contributed by atoms with Gasteiger partial charge in [-0.25, -0.2) is 0 Å². The minimum absolute atomic E-state index is 0.0564. The van der Waals surface area contributed by atoms with E-state index in [9.17, 15) is 9.59 Å². The number of aryl methyl sites for hydroxylation is 1. The van der Waals surface area contributed by atoms with Gasteiger partial charge < -0.3 is 9.80 Å². The Morgan fingerprint density at radius 1 is 1.10 bits per heavy atom. The van der Waals surface area contributed by atoms with Crippen LogP contribution in [0, 0.1) is 6.92 Å². The van der Waals surface area contributed by atoms with Gasteiger partial charge in [0, 0.05) is 44.0 Å². The van der Waals surface area contributed by atoms with E-state index in [-0.39, 0.29) is 11.8 Å². The van der Waals surface area contributed by atoms with Gasteiger partial charge >= 0.3 is 0 Å². The standard InChI is InChI=1S/C16H21ClN2O2/c1-13-5-2-3-6-14(13)16(21)19-11-9-18(10-12-19)15(20)7-4-8-17/h2-3,5-6H,4,7-12H2,1H3. The van der Waals surface area contributed by atoms with Gasteiger partial charge in [-0.3, -0.25) is 9.59 Å². The molecule has 0 spiro atoms. The lowest BCUT2D eigenvalue weighted by molar-refractivity contribution is -0.132. The third kappa shape index (κ3) is 3.97. The largest absolute Gasteiger partial charge is 0.339 e. The minimum atomic E-state index is 0.0564. The van der Waals surface area contributed by atoms with Crippen molar-refractivity contribution in [1.29, 1.82) is 0 Å². The molecule has 1 saturated heterocycles. The molecule has 2 rings (SSSR count). The van der Waals surface area contributed by atoms with Crippen molar-refractivity contribution in [3.05, 3.63) is 35.4 Å². The van der Waals surface area contributed by atoms with Crippen LogP contribution in [0.3, 0.4) is 0 Å². The molecule has 1 aliphatic rings. The summed E-state index contributed by atoms with van der Waals surface area (Å²) < 4.78 is 0. The summed E-state index contributed by atoms with van der Waals surface area (Å²) in [5.41, 5.74) is 1.74. The fourth-order valence-corrected chi connectivity index (χ4v) is 2.65. The highest BCUT2D eigenvalue weighted by Gasteiger charge is 2.24. The van der Waals surface area contributed by atoms with Crippen LogP contribution in [-0.4, -0.2) is 53.7 Å². The van der Waals surface area contributed by atoms with Crippen LogP contribution >= 0.6 is 11.6 Å². The first-order chi connectivity index (χ1) is 10.1. The molecule has 0 aromatic heterocycles. The van der Waals surface area contributed by atoms with E-state index in [1.165, 1.54) is 0 Å². The second-order valence-electron chi connectivity index (χ2n) is 5.28. The maximum atomic E-state index is 12.5. The van der Waals surface area contributed by atoms with Crippen molar-refractivity contribution in [2.24, 2.45) is 0 Å². The molecule has 4 nitrogen and oxygen atoms in total. The monoisotopic (exact) mass is 308 g/mol. The average molecular weight is 309 g/mol. The Bertz CT molecular complexity index is 511. The topological polar surface area (TPSA) is 40.6 Å². The summed E-state index contributed by atoms with van der Waals surface area (Å²) in [6.07, 6.45) is 1.21. The molecule has 0 unspecified atom stereocenters. The predicted molar refractivity (Wildman–Crippen MR) is 83.6 cm³/mol. The summed E-state index contributed by atoms with van der Waals surface area (Å²) in [7, 11) is 0. The van der Waals surface area contributed by atoms with Gasteiger partial charge in [0.25, 0.3) is 5.91 Å². The first-order valence-electron chi connectivity index (χ1n) is 7.32. The van der Waals surface area contributed by atoms with Gasteiger partial charge in [0.05, 0.1) is 0 Å². The highest BCUT2D eigenvalue weighted by molar-refractivity contribution is 6.17. The number of piperazine rings is 1. The molecule has 0 aliphatic carbocycles. The zero-order valence-corrected chi connectivity index (χ0v) is 13.1. The molecular formula is C16H21ClN2O2. The van der Waals surface area contributed by atoms with Gasteiger partial charge in [0.15, 0.2) is 0 Å². The number of nitrogens with zero attached hydrogens (tertiary/aromatic N) is 2.